The van der Waals surface area contributed by atoms with Crippen LogP contribution in [-0.4, -0.2) is 12.4 Å². The van der Waals surface area contributed by atoms with E-state index in [2.05, 4.69) is 0 Å². The van der Waals surface area contributed by atoms with Gasteiger partial charge in [-0.2, -0.15) is 0 Å². The highest BCUT2D eigenvalue weighted by Crippen LogP contribution is 2.27. The van der Waals surface area contributed by atoms with Crippen LogP contribution < -0.4 is 10.2 Å². The number of benzene rings is 2. The molecule has 0 spiro atoms. The standard InChI is InChI=1S/C19H12O4/c20-18-12(10-22-16-7-3-1-5-14(16)18)9-13-11-23-17-8-4-2-6-15(17)19(13)21/h1-10H,11H2/b13-9+. The van der Waals surface area contributed by atoms with Crippen LogP contribution in [0.1, 0.15) is 15.9 Å². The molecule has 0 fully saturated rings. The molecular weight excluding hydrogens is 292 g/mol. The molecule has 0 amide bonds. The summed E-state index contributed by atoms with van der Waals surface area (Å²) >= 11 is 0. The lowest BCUT2D eigenvalue weighted by Crippen LogP contribution is -2.19. The number of para-hydroxylation sites is 2. The van der Waals surface area contributed by atoms with E-state index in [1.165, 1.54) is 6.26 Å². The fourth-order valence-electron chi connectivity index (χ4n) is 2.66. The van der Waals surface area contributed by atoms with Crippen molar-refractivity contribution in [2.24, 2.45) is 0 Å². The van der Waals surface area contributed by atoms with Crippen molar-refractivity contribution in [3.05, 3.63) is 81.7 Å². The fourth-order valence-corrected chi connectivity index (χ4v) is 2.66. The zero-order valence-electron chi connectivity index (χ0n) is 12.1. The first-order valence-electron chi connectivity index (χ1n) is 7.22. The van der Waals surface area contributed by atoms with Gasteiger partial charge in [0.2, 0.25) is 0 Å². The highest BCUT2D eigenvalue weighted by molar-refractivity contribution is 6.14. The Morgan fingerprint density at radius 2 is 1.74 bits per heavy atom. The summed E-state index contributed by atoms with van der Waals surface area (Å²) in [7, 11) is 0. The zero-order chi connectivity index (χ0) is 15.8. The van der Waals surface area contributed by atoms with E-state index >= 15 is 0 Å². The second-order valence-corrected chi connectivity index (χ2v) is 5.30. The van der Waals surface area contributed by atoms with E-state index in [0.29, 0.717) is 33.4 Å². The molecule has 112 valence electrons. The third-order valence-electron chi connectivity index (χ3n) is 3.84. The van der Waals surface area contributed by atoms with Gasteiger partial charge in [-0.3, -0.25) is 9.59 Å². The Hall–Kier alpha value is -3.14. The van der Waals surface area contributed by atoms with Gasteiger partial charge in [-0.05, 0) is 30.3 Å². The molecule has 23 heavy (non-hydrogen) atoms. The van der Waals surface area contributed by atoms with Crippen LogP contribution in [0.4, 0.5) is 0 Å². The number of carbonyl (C=O) groups is 1. The second-order valence-electron chi connectivity index (χ2n) is 5.30. The van der Waals surface area contributed by atoms with Crippen molar-refractivity contribution in [3.63, 3.8) is 0 Å². The zero-order valence-corrected chi connectivity index (χ0v) is 12.1. The minimum absolute atomic E-state index is 0.126. The summed E-state index contributed by atoms with van der Waals surface area (Å²) in [5.41, 5.74) is 1.65. The van der Waals surface area contributed by atoms with Crippen molar-refractivity contribution < 1.29 is 13.9 Å². The van der Waals surface area contributed by atoms with Gasteiger partial charge in [0.05, 0.1) is 16.5 Å². The van der Waals surface area contributed by atoms with E-state index in [1.54, 1.807) is 48.5 Å². The first-order valence-corrected chi connectivity index (χ1v) is 7.22. The van der Waals surface area contributed by atoms with E-state index in [4.69, 9.17) is 9.15 Å². The molecule has 1 aliphatic heterocycles. The molecule has 0 unspecified atom stereocenters. The van der Waals surface area contributed by atoms with E-state index in [1.807, 2.05) is 6.07 Å². The summed E-state index contributed by atoms with van der Waals surface area (Å²) in [4.78, 5) is 25.0. The van der Waals surface area contributed by atoms with Crippen LogP contribution in [-0.2, 0) is 0 Å². The third-order valence-corrected chi connectivity index (χ3v) is 3.84. The Balaban J connectivity index is 1.81. The monoisotopic (exact) mass is 304 g/mol. The maximum atomic E-state index is 12.5. The van der Waals surface area contributed by atoms with Crippen LogP contribution in [0.2, 0.25) is 0 Å². The lowest BCUT2D eigenvalue weighted by Gasteiger charge is -2.18. The van der Waals surface area contributed by atoms with Crippen LogP contribution in [0.3, 0.4) is 0 Å². The quantitative estimate of drug-likeness (QED) is 0.646. The molecule has 4 nitrogen and oxygen atoms in total. The Morgan fingerprint density at radius 1 is 0.957 bits per heavy atom. The number of fused-ring (bicyclic) bond motifs is 2. The second kappa shape index (κ2) is 5.25. The molecule has 1 aromatic heterocycles. The molecule has 2 aromatic carbocycles. The SMILES string of the molecule is O=C1/C(=C/c2coc3ccccc3c2=O)COc2ccccc21. The molecule has 0 saturated heterocycles. The predicted octanol–water partition coefficient (Wildman–Crippen LogP) is 3.45. The van der Waals surface area contributed by atoms with E-state index in [-0.39, 0.29) is 17.8 Å². The molecule has 0 aliphatic carbocycles. The van der Waals surface area contributed by atoms with E-state index in [9.17, 15) is 9.59 Å². The molecule has 2 heterocycles. The first kappa shape index (κ1) is 13.5. The first-order chi connectivity index (χ1) is 11.2. The lowest BCUT2D eigenvalue weighted by molar-refractivity contribution is 0.100. The lowest BCUT2D eigenvalue weighted by atomic mass is 9.98. The van der Waals surface area contributed by atoms with Crippen molar-refractivity contribution in [3.8, 4) is 5.75 Å². The van der Waals surface area contributed by atoms with Gasteiger partial charge in [0.15, 0.2) is 11.2 Å². The van der Waals surface area contributed by atoms with Crippen molar-refractivity contribution in [2.75, 3.05) is 6.61 Å². The largest absolute Gasteiger partial charge is 0.488 e. The minimum atomic E-state index is -0.161. The van der Waals surface area contributed by atoms with Gasteiger partial charge in [0, 0.05) is 5.57 Å². The van der Waals surface area contributed by atoms with E-state index < -0.39 is 0 Å². The fraction of sp³-hybridized carbons (Fsp3) is 0.0526. The van der Waals surface area contributed by atoms with Crippen LogP contribution in [0.25, 0.3) is 17.0 Å². The molecule has 4 heteroatoms. The Bertz CT molecular complexity index is 1010. The van der Waals surface area contributed by atoms with Crippen molar-refractivity contribution in [2.45, 2.75) is 0 Å². The van der Waals surface area contributed by atoms with Gasteiger partial charge in [-0.1, -0.05) is 24.3 Å². The number of ether oxygens (including phenoxy) is 1. The molecule has 0 bridgehead atoms. The average Bonchev–Trinajstić information content (AvgIpc) is 2.60. The molecule has 1 aliphatic rings. The van der Waals surface area contributed by atoms with Crippen LogP contribution in [0, 0.1) is 0 Å². The number of rotatable bonds is 1. The van der Waals surface area contributed by atoms with Gasteiger partial charge in [0.25, 0.3) is 0 Å². The number of hydrogen-bond donors (Lipinski definition) is 0. The van der Waals surface area contributed by atoms with Gasteiger partial charge in [-0.25, -0.2) is 0 Å². The molecule has 4 rings (SSSR count). The molecular formula is C19H12O4. The highest BCUT2D eigenvalue weighted by atomic mass is 16.5. The number of carbonyl (C=O) groups excluding carboxylic acids is 1. The van der Waals surface area contributed by atoms with Crippen LogP contribution >= 0.6 is 0 Å². The van der Waals surface area contributed by atoms with E-state index in [0.717, 1.165) is 0 Å². The highest BCUT2D eigenvalue weighted by Gasteiger charge is 2.23. The smallest absolute Gasteiger partial charge is 0.199 e. The predicted molar refractivity (Wildman–Crippen MR) is 86.7 cm³/mol. The summed E-state index contributed by atoms with van der Waals surface area (Å²) in [6.07, 6.45) is 2.93. The molecule has 0 atom stereocenters. The van der Waals surface area contributed by atoms with Crippen molar-refractivity contribution in [1.82, 2.24) is 0 Å². The summed E-state index contributed by atoms with van der Waals surface area (Å²) < 4.78 is 11.1. The molecule has 0 N–H and O–H groups in total. The topological polar surface area (TPSA) is 56.5 Å². The average molecular weight is 304 g/mol. The Morgan fingerprint density at radius 3 is 2.65 bits per heavy atom. The van der Waals surface area contributed by atoms with Crippen LogP contribution in [0.5, 0.6) is 5.75 Å². The van der Waals surface area contributed by atoms with Gasteiger partial charge in [-0.15, -0.1) is 0 Å². The maximum Gasteiger partial charge on any atom is 0.199 e. The van der Waals surface area contributed by atoms with Crippen molar-refractivity contribution in [1.29, 1.82) is 0 Å². The normalized spacial score (nSPS) is 15.5. The number of hydrogen-bond acceptors (Lipinski definition) is 4. The Kier molecular flexibility index (Phi) is 3.08. The summed E-state index contributed by atoms with van der Waals surface area (Å²) in [5, 5.41) is 0.492. The number of ketones is 1. The molecule has 3 aromatic rings. The molecule has 0 saturated carbocycles. The summed E-state index contributed by atoms with van der Waals surface area (Å²) in [6.45, 7) is 0.141. The minimum Gasteiger partial charge on any atom is -0.488 e. The third kappa shape index (κ3) is 2.25. The van der Waals surface area contributed by atoms with Gasteiger partial charge >= 0.3 is 0 Å². The van der Waals surface area contributed by atoms with Crippen molar-refractivity contribution >= 4 is 22.8 Å². The van der Waals surface area contributed by atoms with Gasteiger partial charge < -0.3 is 9.15 Å². The Labute approximate surface area is 131 Å². The number of Topliss-reactive ketones (excluding diaryl/α,β-unsaturated/α-hetero) is 1. The summed E-state index contributed by atoms with van der Waals surface area (Å²) in [6, 6.07) is 14.1. The maximum absolute atomic E-state index is 12.5. The van der Waals surface area contributed by atoms with Crippen LogP contribution in [0.15, 0.2) is 69.6 Å². The molecule has 0 radical (unpaired) electrons. The summed E-state index contributed by atoms with van der Waals surface area (Å²) in [5.74, 6) is 0.444. The van der Waals surface area contributed by atoms with Gasteiger partial charge in [0.1, 0.15) is 24.2 Å².